The summed E-state index contributed by atoms with van der Waals surface area (Å²) in [6, 6.07) is 8.98. The fraction of sp³-hybridized carbons (Fsp3) is 0.250. The summed E-state index contributed by atoms with van der Waals surface area (Å²) in [7, 11) is 4.45. The van der Waals surface area contributed by atoms with Gasteiger partial charge < -0.3 is 19.5 Å². The lowest BCUT2D eigenvalue weighted by Crippen LogP contribution is -2.34. The third-order valence-electron chi connectivity index (χ3n) is 3.99. The molecule has 0 aliphatic heterocycles. The van der Waals surface area contributed by atoms with Crippen LogP contribution in [0.4, 0.5) is 10.1 Å². The molecule has 29 heavy (non-hydrogen) atoms. The molecule has 0 fully saturated rings. The number of para-hydroxylation sites is 1. The summed E-state index contributed by atoms with van der Waals surface area (Å²) in [5, 5.41) is 6.21. The topological polar surface area (TPSA) is 98.2 Å². The van der Waals surface area contributed by atoms with Crippen LogP contribution in [0.15, 0.2) is 41.5 Å². The fourth-order valence-corrected chi connectivity index (χ4v) is 2.37. The van der Waals surface area contributed by atoms with Crippen LogP contribution < -0.4 is 25.0 Å². The standard InChI is InChI=1S/C20H22FN3O5/c1-12(19(25)23-15-8-6-5-7-14(15)21)20(26)24-22-11-13-9-16(27-2)18(29-4)17(10-13)28-3/h5-12H,1-4H3,(H,23,25)(H,24,26). The van der Waals surface area contributed by atoms with Gasteiger partial charge in [-0.25, -0.2) is 9.82 Å². The van der Waals surface area contributed by atoms with Crippen molar-refractivity contribution < 1.29 is 28.2 Å². The Morgan fingerprint density at radius 1 is 1.03 bits per heavy atom. The van der Waals surface area contributed by atoms with Crippen LogP contribution in [0.1, 0.15) is 12.5 Å². The Morgan fingerprint density at radius 3 is 2.21 bits per heavy atom. The number of nitrogens with one attached hydrogen (secondary N) is 2. The molecule has 2 amide bonds. The maximum Gasteiger partial charge on any atom is 0.252 e. The third kappa shape index (κ3) is 5.44. The zero-order chi connectivity index (χ0) is 21.4. The van der Waals surface area contributed by atoms with E-state index in [2.05, 4.69) is 15.8 Å². The van der Waals surface area contributed by atoms with Crippen molar-refractivity contribution in [2.45, 2.75) is 6.92 Å². The van der Waals surface area contributed by atoms with Crippen LogP contribution in [0, 0.1) is 11.7 Å². The highest BCUT2D eigenvalue weighted by Crippen LogP contribution is 2.37. The summed E-state index contributed by atoms with van der Waals surface area (Å²) in [5.41, 5.74) is 2.85. The van der Waals surface area contributed by atoms with Crippen molar-refractivity contribution >= 4 is 23.7 Å². The molecule has 0 aliphatic rings. The molecule has 9 heteroatoms. The SMILES string of the molecule is COc1cc(C=NNC(=O)C(C)C(=O)Nc2ccccc2F)cc(OC)c1OC. The minimum absolute atomic E-state index is 0.00178. The number of anilines is 1. The largest absolute Gasteiger partial charge is 0.493 e. The average Bonchev–Trinajstić information content (AvgIpc) is 2.73. The summed E-state index contributed by atoms with van der Waals surface area (Å²) >= 11 is 0. The molecule has 0 radical (unpaired) electrons. The van der Waals surface area contributed by atoms with Crippen LogP contribution in [-0.4, -0.2) is 39.4 Å². The van der Waals surface area contributed by atoms with E-state index >= 15 is 0 Å². The lowest BCUT2D eigenvalue weighted by Gasteiger charge is -2.13. The molecule has 1 unspecified atom stereocenters. The summed E-state index contributed by atoms with van der Waals surface area (Å²) in [6.45, 7) is 1.39. The van der Waals surface area contributed by atoms with Crippen LogP contribution in [0.25, 0.3) is 0 Å². The number of nitrogens with zero attached hydrogens (tertiary/aromatic N) is 1. The molecule has 8 nitrogen and oxygen atoms in total. The van der Waals surface area contributed by atoms with Crippen molar-refractivity contribution in [2.24, 2.45) is 11.0 Å². The van der Waals surface area contributed by atoms with Gasteiger partial charge in [-0.3, -0.25) is 9.59 Å². The minimum Gasteiger partial charge on any atom is -0.493 e. The van der Waals surface area contributed by atoms with Crippen molar-refractivity contribution in [3.8, 4) is 17.2 Å². The second-order valence-electron chi connectivity index (χ2n) is 5.88. The van der Waals surface area contributed by atoms with Gasteiger partial charge in [-0.15, -0.1) is 0 Å². The van der Waals surface area contributed by atoms with Crippen molar-refractivity contribution in [1.29, 1.82) is 0 Å². The van der Waals surface area contributed by atoms with Crippen molar-refractivity contribution in [2.75, 3.05) is 26.6 Å². The van der Waals surface area contributed by atoms with Crippen molar-refractivity contribution in [1.82, 2.24) is 5.43 Å². The summed E-state index contributed by atoms with van der Waals surface area (Å²) in [6.07, 6.45) is 1.36. The molecule has 0 spiro atoms. The number of benzene rings is 2. The number of carbonyl (C=O) groups is 2. The lowest BCUT2D eigenvalue weighted by molar-refractivity contribution is -0.131. The maximum atomic E-state index is 13.6. The predicted molar refractivity (Wildman–Crippen MR) is 106 cm³/mol. The molecule has 2 aromatic carbocycles. The highest BCUT2D eigenvalue weighted by Gasteiger charge is 2.22. The van der Waals surface area contributed by atoms with Gasteiger partial charge in [0, 0.05) is 5.56 Å². The molecular weight excluding hydrogens is 381 g/mol. The van der Waals surface area contributed by atoms with E-state index in [9.17, 15) is 14.0 Å². The number of halogens is 1. The van der Waals surface area contributed by atoms with Gasteiger partial charge in [0.1, 0.15) is 11.7 Å². The first-order valence-corrected chi connectivity index (χ1v) is 8.59. The molecule has 0 heterocycles. The first kappa shape index (κ1) is 21.7. The van der Waals surface area contributed by atoms with Crippen molar-refractivity contribution in [3.63, 3.8) is 0 Å². The smallest absolute Gasteiger partial charge is 0.252 e. The molecule has 0 bridgehead atoms. The number of hydrazone groups is 1. The van der Waals surface area contributed by atoms with E-state index in [-0.39, 0.29) is 5.69 Å². The number of rotatable bonds is 8. The normalized spacial score (nSPS) is 11.6. The third-order valence-corrected chi connectivity index (χ3v) is 3.99. The van der Waals surface area contributed by atoms with Gasteiger partial charge in [-0.05, 0) is 31.2 Å². The first-order chi connectivity index (χ1) is 13.9. The highest BCUT2D eigenvalue weighted by molar-refractivity contribution is 6.06. The quantitative estimate of drug-likeness (QED) is 0.401. The van der Waals surface area contributed by atoms with Gasteiger partial charge in [0.25, 0.3) is 5.91 Å². The van der Waals surface area contributed by atoms with Gasteiger partial charge in [-0.2, -0.15) is 5.10 Å². The fourth-order valence-electron chi connectivity index (χ4n) is 2.37. The molecule has 1 atom stereocenters. The summed E-state index contributed by atoms with van der Waals surface area (Å²) in [4.78, 5) is 24.3. The molecule has 0 aliphatic carbocycles. The summed E-state index contributed by atoms with van der Waals surface area (Å²) in [5.74, 6) is -1.71. The number of hydrogen-bond donors (Lipinski definition) is 2. The van der Waals surface area contributed by atoms with E-state index in [1.165, 1.54) is 52.7 Å². The Balaban J connectivity index is 2.03. The number of carbonyl (C=O) groups excluding carboxylic acids is 2. The predicted octanol–water partition coefficient (Wildman–Crippen LogP) is 2.58. The lowest BCUT2D eigenvalue weighted by atomic mass is 10.1. The second kappa shape index (κ2) is 10.1. The monoisotopic (exact) mass is 403 g/mol. The van der Waals surface area contributed by atoms with E-state index in [0.29, 0.717) is 22.8 Å². The number of methoxy groups -OCH3 is 3. The molecule has 154 valence electrons. The summed E-state index contributed by atoms with van der Waals surface area (Å²) < 4.78 is 29.3. The van der Waals surface area contributed by atoms with Crippen molar-refractivity contribution in [3.05, 3.63) is 47.8 Å². The average molecular weight is 403 g/mol. The Hall–Kier alpha value is -3.62. The first-order valence-electron chi connectivity index (χ1n) is 8.59. The Kier molecular flexibility index (Phi) is 7.53. The zero-order valence-electron chi connectivity index (χ0n) is 16.5. The molecular formula is C20H22FN3O5. The maximum absolute atomic E-state index is 13.6. The Morgan fingerprint density at radius 2 is 1.66 bits per heavy atom. The van der Waals surface area contributed by atoms with Crippen LogP contribution in [0.3, 0.4) is 0 Å². The number of amides is 2. The van der Waals surface area contributed by atoms with Gasteiger partial charge in [0.15, 0.2) is 11.5 Å². The van der Waals surface area contributed by atoms with Gasteiger partial charge in [0.05, 0.1) is 33.2 Å². The van der Waals surface area contributed by atoms with E-state index in [4.69, 9.17) is 14.2 Å². The van der Waals surface area contributed by atoms with Crippen LogP contribution in [-0.2, 0) is 9.59 Å². The van der Waals surface area contributed by atoms with Crippen LogP contribution in [0.2, 0.25) is 0 Å². The highest BCUT2D eigenvalue weighted by atomic mass is 19.1. The molecule has 2 N–H and O–H groups in total. The number of ether oxygens (including phenoxy) is 3. The molecule has 2 rings (SSSR count). The second-order valence-corrected chi connectivity index (χ2v) is 5.88. The van der Waals surface area contributed by atoms with Gasteiger partial charge in [-0.1, -0.05) is 12.1 Å². The Bertz CT molecular complexity index is 892. The Labute approximate surface area is 167 Å². The van der Waals surface area contributed by atoms with Gasteiger partial charge >= 0.3 is 0 Å². The van der Waals surface area contributed by atoms with E-state index < -0.39 is 23.5 Å². The molecule has 0 saturated heterocycles. The number of hydrogen-bond acceptors (Lipinski definition) is 6. The molecule has 2 aromatic rings. The molecule has 0 aromatic heterocycles. The van der Waals surface area contributed by atoms with Crippen LogP contribution in [0.5, 0.6) is 17.2 Å². The minimum atomic E-state index is -1.09. The van der Waals surface area contributed by atoms with E-state index in [1.54, 1.807) is 18.2 Å². The van der Waals surface area contributed by atoms with E-state index in [1.807, 2.05) is 0 Å². The van der Waals surface area contributed by atoms with Crippen LogP contribution >= 0.6 is 0 Å². The van der Waals surface area contributed by atoms with Gasteiger partial charge in [0.2, 0.25) is 11.7 Å². The molecule has 0 saturated carbocycles. The van der Waals surface area contributed by atoms with E-state index in [0.717, 1.165) is 0 Å². The zero-order valence-corrected chi connectivity index (χ0v) is 16.5.